The zero-order valence-corrected chi connectivity index (χ0v) is 7.97. The fourth-order valence-electron chi connectivity index (χ4n) is 1.06. The molecule has 0 bridgehead atoms. The van der Waals surface area contributed by atoms with Crippen LogP contribution in [0.3, 0.4) is 0 Å². The van der Waals surface area contributed by atoms with Gasteiger partial charge in [-0.25, -0.2) is 0 Å². The lowest BCUT2D eigenvalue weighted by Crippen LogP contribution is -2.17. The number of methoxy groups -OCH3 is 1. The van der Waals surface area contributed by atoms with E-state index in [1.807, 2.05) is 6.08 Å². The molecule has 0 saturated carbocycles. The predicted octanol–water partition coefficient (Wildman–Crippen LogP) is 0.659. The van der Waals surface area contributed by atoms with Gasteiger partial charge in [0.2, 0.25) is 0 Å². The Hall–Kier alpha value is -0.420. The van der Waals surface area contributed by atoms with Crippen LogP contribution in [0.4, 0.5) is 0 Å². The quantitative estimate of drug-likeness (QED) is 0.508. The first kappa shape index (κ1) is 10.7. The van der Waals surface area contributed by atoms with Crippen LogP contribution in [0, 0.1) is 0 Å². The fraction of sp³-hybridized carbons (Fsp3) is 0.778. The van der Waals surface area contributed by atoms with Gasteiger partial charge in [0.15, 0.2) is 13.1 Å². The van der Waals surface area contributed by atoms with Crippen molar-refractivity contribution in [2.75, 3.05) is 13.9 Å². The van der Waals surface area contributed by atoms with Crippen LogP contribution in [0.5, 0.6) is 0 Å². The van der Waals surface area contributed by atoms with Crippen molar-refractivity contribution in [2.45, 2.75) is 31.8 Å². The van der Waals surface area contributed by atoms with Gasteiger partial charge in [-0.05, 0) is 6.92 Å². The molecule has 0 fully saturated rings. The van der Waals surface area contributed by atoms with E-state index in [0.717, 1.165) is 0 Å². The van der Waals surface area contributed by atoms with Crippen LogP contribution < -0.4 is 0 Å². The second kappa shape index (κ2) is 5.34. The van der Waals surface area contributed by atoms with Crippen molar-refractivity contribution >= 4 is 0 Å². The van der Waals surface area contributed by atoms with Crippen LogP contribution in [-0.2, 0) is 14.2 Å². The van der Waals surface area contributed by atoms with E-state index in [-0.39, 0.29) is 25.3 Å². The maximum atomic E-state index is 9.12. The molecule has 4 nitrogen and oxygen atoms in total. The van der Waals surface area contributed by atoms with E-state index in [2.05, 4.69) is 0 Å². The summed E-state index contributed by atoms with van der Waals surface area (Å²) < 4.78 is 15.3. The average molecular weight is 188 g/mol. The molecule has 0 aromatic rings. The molecule has 0 saturated heterocycles. The number of aliphatic hydroxyl groups is 1. The standard InChI is InChI=1S/C9H16O4/c1-7(11-2)12-6-13-9-4-3-8(10)5-9/h3-4,7-10H,5-6H2,1-2H3/t7?,8-,9?/m0/s1. The summed E-state index contributed by atoms with van der Waals surface area (Å²) in [7, 11) is 1.57. The van der Waals surface area contributed by atoms with Gasteiger partial charge in [0, 0.05) is 13.5 Å². The summed E-state index contributed by atoms with van der Waals surface area (Å²) in [4.78, 5) is 0. The van der Waals surface area contributed by atoms with Crippen LogP contribution in [0.25, 0.3) is 0 Å². The first-order chi connectivity index (χ1) is 6.22. The Labute approximate surface area is 78.1 Å². The van der Waals surface area contributed by atoms with Gasteiger partial charge >= 0.3 is 0 Å². The van der Waals surface area contributed by atoms with E-state index >= 15 is 0 Å². The third kappa shape index (κ3) is 3.87. The minimum absolute atomic E-state index is 0.0287. The Kier molecular flexibility index (Phi) is 4.38. The van der Waals surface area contributed by atoms with E-state index in [0.29, 0.717) is 6.42 Å². The molecule has 0 radical (unpaired) electrons. The Bertz CT molecular complexity index is 169. The minimum Gasteiger partial charge on any atom is -0.389 e. The first-order valence-electron chi connectivity index (χ1n) is 4.34. The molecule has 4 heteroatoms. The highest BCUT2D eigenvalue weighted by Crippen LogP contribution is 2.13. The van der Waals surface area contributed by atoms with Crippen LogP contribution >= 0.6 is 0 Å². The van der Waals surface area contributed by atoms with E-state index in [1.165, 1.54) is 0 Å². The summed E-state index contributed by atoms with van der Waals surface area (Å²) in [5.74, 6) is 0. The Morgan fingerprint density at radius 3 is 2.85 bits per heavy atom. The van der Waals surface area contributed by atoms with E-state index < -0.39 is 0 Å². The maximum Gasteiger partial charge on any atom is 0.157 e. The highest BCUT2D eigenvalue weighted by Gasteiger charge is 2.16. The van der Waals surface area contributed by atoms with Crippen molar-refractivity contribution in [3.05, 3.63) is 12.2 Å². The lowest BCUT2D eigenvalue weighted by Gasteiger charge is -2.14. The van der Waals surface area contributed by atoms with Crippen molar-refractivity contribution in [1.29, 1.82) is 0 Å². The number of aliphatic hydroxyl groups excluding tert-OH is 1. The van der Waals surface area contributed by atoms with Crippen molar-refractivity contribution in [3.8, 4) is 0 Å². The highest BCUT2D eigenvalue weighted by atomic mass is 16.7. The van der Waals surface area contributed by atoms with Gasteiger partial charge in [0.05, 0.1) is 12.2 Å². The zero-order valence-electron chi connectivity index (χ0n) is 7.97. The molecule has 76 valence electrons. The third-order valence-electron chi connectivity index (χ3n) is 1.94. The van der Waals surface area contributed by atoms with E-state index in [9.17, 15) is 0 Å². The second-order valence-corrected chi connectivity index (χ2v) is 2.98. The van der Waals surface area contributed by atoms with Gasteiger partial charge in [-0.3, -0.25) is 0 Å². The molecule has 1 rings (SSSR count). The topological polar surface area (TPSA) is 47.9 Å². The van der Waals surface area contributed by atoms with Crippen LogP contribution in [-0.4, -0.2) is 37.5 Å². The minimum atomic E-state index is -0.371. The molecular weight excluding hydrogens is 172 g/mol. The Morgan fingerprint density at radius 2 is 2.31 bits per heavy atom. The largest absolute Gasteiger partial charge is 0.389 e. The van der Waals surface area contributed by atoms with Crippen LogP contribution in [0.2, 0.25) is 0 Å². The highest BCUT2D eigenvalue weighted by molar-refractivity contribution is 5.03. The molecule has 0 heterocycles. The maximum absolute atomic E-state index is 9.12. The first-order valence-corrected chi connectivity index (χ1v) is 4.34. The van der Waals surface area contributed by atoms with Gasteiger partial charge in [0.25, 0.3) is 0 Å². The van der Waals surface area contributed by atoms with Crippen molar-refractivity contribution < 1.29 is 19.3 Å². The third-order valence-corrected chi connectivity index (χ3v) is 1.94. The van der Waals surface area contributed by atoms with Crippen LogP contribution in [0.1, 0.15) is 13.3 Å². The molecule has 0 aromatic heterocycles. The summed E-state index contributed by atoms with van der Waals surface area (Å²) in [5, 5.41) is 9.12. The predicted molar refractivity (Wildman–Crippen MR) is 47.1 cm³/mol. The molecule has 1 aliphatic rings. The summed E-state index contributed by atoms with van der Waals surface area (Å²) in [6, 6.07) is 0. The summed E-state index contributed by atoms with van der Waals surface area (Å²) in [6.07, 6.45) is 3.53. The van der Waals surface area contributed by atoms with Gasteiger partial charge in [-0.1, -0.05) is 12.2 Å². The molecule has 13 heavy (non-hydrogen) atoms. The molecule has 1 aliphatic carbocycles. The molecule has 0 spiro atoms. The molecule has 3 atom stereocenters. The normalized spacial score (nSPS) is 29.5. The van der Waals surface area contributed by atoms with Gasteiger partial charge < -0.3 is 19.3 Å². The monoisotopic (exact) mass is 188 g/mol. The summed E-state index contributed by atoms with van der Waals surface area (Å²) >= 11 is 0. The lowest BCUT2D eigenvalue weighted by molar-refractivity contribution is -0.183. The van der Waals surface area contributed by atoms with Gasteiger partial charge in [-0.2, -0.15) is 0 Å². The molecule has 0 aromatic carbocycles. The molecule has 0 amide bonds. The van der Waals surface area contributed by atoms with Crippen molar-refractivity contribution in [2.24, 2.45) is 0 Å². The molecular formula is C9H16O4. The van der Waals surface area contributed by atoms with Gasteiger partial charge in [0.1, 0.15) is 0 Å². The number of hydrogen-bond donors (Lipinski definition) is 1. The zero-order chi connectivity index (χ0) is 9.68. The smallest absolute Gasteiger partial charge is 0.157 e. The SMILES string of the molecule is COC(C)OCOC1C=C[C@H](O)C1. The number of rotatable bonds is 5. The number of ether oxygens (including phenoxy) is 3. The van der Waals surface area contributed by atoms with Crippen molar-refractivity contribution in [3.63, 3.8) is 0 Å². The Morgan fingerprint density at radius 1 is 1.54 bits per heavy atom. The summed E-state index contributed by atoms with van der Waals surface area (Å²) in [6.45, 7) is 1.99. The molecule has 2 unspecified atom stereocenters. The average Bonchev–Trinajstić information content (AvgIpc) is 2.51. The summed E-state index contributed by atoms with van der Waals surface area (Å²) in [5.41, 5.74) is 0. The molecule has 1 N–H and O–H groups in total. The van der Waals surface area contributed by atoms with E-state index in [4.69, 9.17) is 19.3 Å². The van der Waals surface area contributed by atoms with E-state index in [1.54, 1.807) is 20.1 Å². The Balaban J connectivity index is 2.04. The number of hydrogen-bond acceptors (Lipinski definition) is 4. The van der Waals surface area contributed by atoms with Crippen LogP contribution in [0.15, 0.2) is 12.2 Å². The molecule has 0 aliphatic heterocycles. The fourth-order valence-corrected chi connectivity index (χ4v) is 1.06. The van der Waals surface area contributed by atoms with Gasteiger partial charge in [-0.15, -0.1) is 0 Å². The second-order valence-electron chi connectivity index (χ2n) is 2.98. The lowest BCUT2D eigenvalue weighted by atomic mass is 10.3. The van der Waals surface area contributed by atoms with Crippen molar-refractivity contribution in [1.82, 2.24) is 0 Å².